The second kappa shape index (κ2) is 7.41. The topological polar surface area (TPSA) is 69.7 Å². The van der Waals surface area contributed by atoms with Crippen LogP contribution >= 0.6 is 0 Å². The molecule has 0 saturated carbocycles. The summed E-state index contributed by atoms with van der Waals surface area (Å²) in [6, 6.07) is 11.4. The average molecular weight is 339 g/mol. The number of hydrogen-bond donors (Lipinski definition) is 0. The Kier molecular flexibility index (Phi) is 5.05. The highest BCUT2D eigenvalue weighted by molar-refractivity contribution is 5.94. The second-order valence-electron chi connectivity index (χ2n) is 6.08. The minimum absolute atomic E-state index is 0.0190. The first-order valence-electron chi connectivity index (χ1n) is 8.24. The molecule has 130 valence electrons. The predicted molar refractivity (Wildman–Crippen MR) is 92.3 cm³/mol. The largest absolute Gasteiger partial charge is 0.497 e. The summed E-state index contributed by atoms with van der Waals surface area (Å²) in [6.07, 6.45) is 1.50. The van der Waals surface area contributed by atoms with Crippen LogP contribution in [0.5, 0.6) is 5.75 Å². The molecule has 3 rings (SSSR count). The quantitative estimate of drug-likeness (QED) is 0.856. The summed E-state index contributed by atoms with van der Waals surface area (Å²) < 4.78 is 10.4. The molecule has 1 saturated heterocycles. The normalized spacial score (nSPS) is 16.3. The van der Waals surface area contributed by atoms with Crippen LogP contribution in [0.1, 0.15) is 27.7 Å². The number of rotatable bonds is 4. The van der Waals surface area contributed by atoms with E-state index in [2.05, 4.69) is 11.0 Å². The van der Waals surface area contributed by atoms with E-state index in [1.807, 2.05) is 36.1 Å². The van der Waals surface area contributed by atoms with Crippen molar-refractivity contribution in [3.8, 4) is 11.8 Å². The van der Waals surface area contributed by atoms with Crippen LogP contribution in [0.15, 0.2) is 41.0 Å². The predicted octanol–water partition coefficient (Wildman–Crippen LogP) is 2.62. The maximum atomic E-state index is 12.5. The Morgan fingerprint density at radius 2 is 1.92 bits per heavy atom. The molecule has 1 aliphatic rings. The van der Waals surface area contributed by atoms with E-state index in [1.54, 1.807) is 13.2 Å². The Hall–Kier alpha value is -2.78. The zero-order valence-corrected chi connectivity index (χ0v) is 14.4. The number of nitrogens with zero attached hydrogens (tertiary/aromatic N) is 3. The molecule has 1 fully saturated rings. The third-order valence-electron chi connectivity index (χ3n) is 4.50. The fourth-order valence-corrected chi connectivity index (χ4v) is 3.07. The smallest absolute Gasteiger partial charge is 0.257 e. The molecule has 0 unspecified atom stereocenters. The van der Waals surface area contributed by atoms with Crippen molar-refractivity contribution in [3.63, 3.8) is 0 Å². The molecule has 0 spiro atoms. The van der Waals surface area contributed by atoms with Crippen LogP contribution in [-0.4, -0.2) is 49.0 Å². The third-order valence-corrected chi connectivity index (χ3v) is 4.50. The molecule has 0 N–H and O–H groups in total. The summed E-state index contributed by atoms with van der Waals surface area (Å²) in [7, 11) is 1.62. The van der Waals surface area contributed by atoms with Gasteiger partial charge in [0.2, 0.25) is 0 Å². The number of furan rings is 1. The first-order chi connectivity index (χ1) is 12.1. The molecule has 6 heteroatoms. The lowest BCUT2D eigenvalue weighted by molar-refractivity contribution is 0.0605. The summed E-state index contributed by atoms with van der Waals surface area (Å²) in [5, 5.41) is 9.60. The Morgan fingerprint density at radius 3 is 2.44 bits per heavy atom. The number of benzene rings is 1. The highest BCUT2D eigenvalue weighted by Gasteiger charge is 2.28. The average Bonchev–Trinajstić information content (AvgIpc) is 3.09. The van der Waals surface area contributed by atoms with Gasteiger partial charge in [-0.1, -0.05) is 12.1 Å². The van der Waals surface area contributed by atoms with E-state index in [0.29, 0.717) is 31.7 Å². The molecule has 0 radical (unpaired) electrons. The van der Waals surface area contributed by atoms with Crippen molar-refractivity contribution in [3.05, 3.63) is 53.5 Å². The number of ether oxygens (including phenoxy) is 1. The molecule has 25 heavy (non-hydrogen) atoms. The van der Waals surface area contributed by atoms with Crippen LogP contribution in [0.4, 0.5) is 0 Å². The summed E-state index contributed by atoms with van der Waals surface area (Å²) in [6.45, 7) is 4.33. The summed E-state index contributed by atoms with van der Waals surface area (Å²) in [5.41, 5.74) is 1.52. The van der Waals surface area contributed by atoms with E-state index in [1.165, 1.54) is 6.26 Å². The van der Waals surface area contributed by atoms with Gasteiger partial charge in [-0.25, -0.2) is 0 Å². The SMILES string of the molecule is COc1ccc([C@@H](C#N)N2CCN(C(=O)c3coc(C)c3)CC2)cc1. The number of amides is 1. The molecule has 1 aromatic carbocycles. The van der Waals surface area contributed by atoms with Gasteiger partial charge in [0.15, 0.2) is 0 Å². The number of carbonyl (C=O) groups excluding carboxylic acids is 1. The Balaban J connectivity index is 1.64. The molecular formula is C19H21N3O3. The van der Waals surface area contributed by atoms with Gasteiger partial charge < -0.3 is 14.1 Å². The van der Waals surface area contributed by atoms with Crippen LogP contribution in [0.25, 0.3) is 0 Å². The van der Waals surface area contributed by atoms with Crippen molar-refractivity contribution >= 4 is 5.91 Å². The summed E-state index contributed by atoms with van der Waals surface area (Å²) in [4.78, 5) is 16.4. The fraction of sp³-hybridized carbons (Fsp3) is 0.368. The van der Waals surface area contributed by atoms with Gasteiger partial charge in [-0.3, -0.25) is 9.69 Å². The van der Waals surface area contributed by atoms with Crippen LogP contribution in [-0.2, 0) is 0 Å². The number of methoxy groups -OCH3 is 1. The van der Waals surface area contributed by atoms with Gasteiger partial charge in [-0.2, -0.15) is 5.26 Å². The number of carbonyl (C=O) groups is 1. The lowest BCUT2D eigenvalue weighted by Crippen LogP contribution is -2.49. The zero-order chi connectivity index (χ0) is 17.8. The minimum Gasteiger partial charge on any atom is -0.497 e. The van der Waals surface area contributed by atoms with Crippen molar-refractivity contribution in [1.82, 2.24) is 9.80 Å². The number of piperazine rings is 1. The summed E-state index contributed by atoms with van der Waals surface area (Å²) >= 11 is 0. The Morgan fingerprint density at radius 1 is 1.24 bits per heavy atom. The monoisotopic (exact) mass is 339 g/mol. The maximum absolute atomic E-state index is 12.5. The van der Waals surface area contributed by atoms with Crippen molar-refractivity contribution in [2.75, 3.05) is 33.3 Å². The first kappa shape index (κ1) is 17.1. The first-order valence-corrected chi connectivity index (χ1v) is 8.24. The highest BCUT2D eigenvalue weighted by Crippen LogP contribution is 2.24. The van der Waals surface area contributed by atoms with Gasteiger partial charge in [0.05, 0.1) is 18.7 Å². The zero-order valence-electron chi connectivity index (χ0n) is 14.4. The van der Waals surface area contributed by atoms with Crippen LogP contribution in [0.3, 0.4) is 0 Å². The van der Waals surface area contributed by atoms with Gasteiger partial charge in [0, 0.05) is 26.2 Å². The number of hydrogen-bond acceptors (Lipinski definition) is 5. The van der Waals surface area contributed by atoms with Gasteiger partial charge in [-0.05, 0) is 30.7 Å². The number of aryl methyl sites for hydroxylation is 1. The van der Waals surface area contributed by atoms with Gasteiger partial charge in [0.25, 0.3) is 5.91 Å². The molecule has 1 amide bonds. The van der Waals surface area contributed by atoms with Crippen molar-refractivity contribution < 1.29 is 13.9 Å². The van der Waals surface area contributed by atoms with Crippen molar-refractivity contribution in [2.24, 2.45) is 0 Å². The van der Waals surface area contributed by atoms with E-state index in [9.17, 15) is 10.1 Å². The lowest BCUT2D eigenvalue weighted by atomic mass is 10.1. The van der Waals surface area contributed by atoms with E-state index in [-0.39, 0.29) is 11.9 Å². The summed E-state index contributed by atoms with van der Waals surface area (Å²) in [5.74, 6) is 1.48. The van der Waals surface area contributed by atoms with Crippen molar-refractivity contribution in [1.29, 1.82) is 5.26 Å². The van der Waals surface area contributed by atoms with Crippen LogP contribution in [0.2, 0.25) is 0 Å². The van der Waals surface area contributed by atoms with Gasteiger partial charge in [-0.15, -0.1) is 0 Å². The molecule has 0 bridgehead atoms. The molecule has 6 nitrogen and oxygen atoms in total. The van der Waals surface area contributed by atoms with E-state index < -0.39 is 0 Å². The van der Waals surface area contributed by atoms with E-state index in [0.717, 1.165) is 17.1 Å². The molecule has 2 aromatic rings. The molecule has 2 heterocycles. The van der Waals surface area contributed by atoms with E-state index in [4.69, 9.17) is 9.15 Å². The number of nitriles is 1. The fourth-order valence-electron chi connectivity index (χ4n) is 3.07. The standard InChI is InChI=1S/C19H21N3O3/c1-14-11-16(13-25-14)19(23)22-9-7-21(8-10-22)18(12-20)15-3-5-17(24-2)6-4-15/h3-6,11,13,18H,7-10H2,1-2H3/t18-/m1/s1. The third kappa shape index (κ3) is 3.67. The minimum atomic E-state index is -0.320. The molecular weight excluding hydrogens is 318 g/mol. The maximum Gasteiger partial charge on any atom is 0.257 e. The molecule has 1 atom stereocenters. The molecule has 1 aliphatic heterocycles. The van der Waals surface area contributed by atoms with Crippen LogP contribution < -0.4 is 4.74 Å². The molecule has 0 aliphatic carbocycles. The van der Waals surface area contributed by atoms with Crippen molar-refractivity contribution in [2.45, 2.75) is 13.0 Å². The van der Waals surface area contributed by atoms with E-state index >= 15 is 0 Å². The lowest BCUT2D eigenvalue weighted by Gasteiger charge is -2.36. The van der Waals surface area contributed by atoms with Gasteiger partial charge >= 0.3 is 0 Å². The second-order valence-corrected chi connectivity index (χ2v) is 6.08. The molecule has 1 aromatic heterocycles. The highest BCUT2D eigenvalue weighted by atomic mass is 16.5. The Bertz CT molecular complexity index is 768. The van der Waals surface area contributed by atoms with Crippen LogP contribution in [0, 0.1) is 18.3 Å². The van der Waals surface area contributed by atoms with Gasteiger partial charge in [0.1, 0.15) is 23.8 Å². The Labute approximate surface area is 147 Å².